The molecule has 0 saturated heterocycles. The Morgan fingerprint density at radius 2 is 1.69 bits per heavy atom. The molecular weight excluding hydrogens is 625 g/mol. The summed E-state index contributed by atoms with van der Waals surface area (Å²) in [7, 11) is 0. The van der Waals surface area contributed by atoms with Gasteiger partial charge in [-0.25, -0.2) is 0 Å². The molecule has 0 bridgehead atoms. The van der Waals surface area contributed by atoms with Crippen LogP contribution < -0.4 is 4.90 Å². The van der Waals surface area contributed by atoms with E-state index in [1.807, 2.05) is 6.20 Å². The smallest absolute Gasteiger partial charge is 0.155 e. The zero-order chi connectivity index (χ0) is 25.4. The minimum Gasteiger partial charge on any atom is -0.512 e. The summed E-state index contributed by atoms with van der Waals surface area (Å²) in [6.07, 6.45) is 1.91. The molecule has 181 valence electrons. The molecule has 36 heavy (non-hydrogen) atoms. The van der Waals surface area contributed by atoms with Crippen LogP contribution in [-0.2, 0) is 24.9 Å². The molecule has 0 fully saturated rings. The van der Waals surface area contributed by atoms with Crippen molar-refractivity contribution in [1.29, 1.82) is 0 Å². The van der Waals surface area contributed by atoms with Crippen LogP contribution in [0.1, 0.15) is 20.8 Å². The molecule has 5 heteroatoms. The van der Waals surface area contributed by atoms with Crippen LogP contribution in [0.15, 0.2) is 96.9 Å². The predicted molar refractivity (Wildman–Crippen MR) is 144 cm³/mol. The number of hydrogen-bond acceptors (Lipinski definition) is 4. The summed E-state index contributed by atoms with van der Waals surface area (Å²) in [4.78, 5) is 17.3. The van der Waals surface area contributed by atoms with Crippen LogP contribution in [0, 0.1) is 13.0 Å². The van der Waals surface area contributed by atoms with Crippen molar-refractivity contribution in [3.8, 4) is 11.3 Å². The fraction of sp³-hybridized carbons (Fsp3) is 0.0968. The van der Waals surface area contributed by atoms with Gasteiger partial charge in [-0.3, -0.25) is 9.78 Å². The third kappa shape index (κ3) is 4.81. The van der Waals surface area contributed by atoms with Gasteiger partial charge in [-0.05, 0) is 67.1 Å². The maximum absolute atomic E-state index is 10.2. The van der Waals surface area contributed by atoms with Gasteiger partial charge in [0.25, 0.3) is 0 Å². The van der Waals surface area contributed by atoms with Crippen molar-refractivity contribution in [2.45, 2.75) is 20.8 Å². The monoisotopic (exact) mass is 651 g/mol. The van der Waals surface area contributed by atoms with Gasteiger partial charge in [0.1, 0.15) is 0 Å². The van der Waals surface area contributed by atoms with E-state index in [4.69, 9.17) is 11.5 Å². The number of para-hydroxylation sites is 1. The molecule has 1 aromatic heterocycles. The number of fused-ring (bicyclic) bond motifs is 3. The summed E-state index contributed by atoms with van der Waals surface area (Å²) in [5.41, 5.74) is 6.77. The van der Waals surface area contributed by atoms with E-state index in [-0.39, 0.29) is 31.9 Å². The van der Waals surface area contributed by atoms with E-state index in [9.17, 15) is 4.79 Å². The molecule has 0 unspecified atom stereocenters. The molecular formula is C31H25IrN2O2-. The van der Waals surface area contributed by atoms with Crippen LogP contribution in [0.4, 0.5) is 17.1 Å². The minimum absolute atomic E-state index is 0. The van der Waals surface area contributed by atoms with E-state index in [2.05, 4.69) is 96.8 Å². The Hall–Kier alpha value is -3.79. The fourth-order valence-corrected chi connectivity index (χ4v) is 4.56. The summed E-state index contributed by atoms with van der Waals surface area (Å²) in [6, 6.07) is 31.2. The summed E-state index contributed by atoms with van der Waals surface area (Å²) in [5, 5.41) is 13.2. The first-order chi connectivity index (χ1) is 17.3. The number of anilines is 3. The topological polar surface area (TPSA) is 53.4 Å². The average Bonchev–Trinajstić information content (AvgIpc) is 2.88. The van der Waals surface area contributed by atoms with E-state index in [0.717, 1.165) is 28.0 Å². The Bertz CT molecular complexity index is 1660. The van der Waals surface area contributed by atoms with E-state index < -0.39 is 5.78 Å². The van der Waals surface area contributed by atoms with E-state index in [1.165, 1.54) is 41.3 Å². The Morgan fingerprint density at radius 3 is 2.39 bits per heavy atom. The maximum Gasteiger partial charge on any atom is 0.155 e. The molecule has 4 nitrogen and oxygen atoms in total. The first kappa shape index (κ1) is 23.9. The van der Waals surface area contributed by atoms with Gasteiger partial charge < -0.3 is 10.0 Å². The molecule has 4 aromatic carbocycles. The number of pyridine rings is 1. The second-order valence-corrected chi connectivity index (χ2v) is 8.60. The summed E-state index contributed by atoms with van der Waals surface area (Å²) >= 11 is 0. The van der Waals surface area contributed by atoms with Gasteiger partial charge in [0.05, 0.1) is 7.13 Å². The number of aliphatic hydroxyl groups excluding tert-OH is 1. The molecule has 1 N–H and O–H groups in total. The summed E-state index contributed by atoms with van der Waals surface area (Å²) in [6.45, 7) is 4.70. The van der Waals surface area contributed by atoms with Gasteiger partial charge in [-0.1, -0.05) is 59.5 Å². The molecule has 1 radical (unpaired) electrons. The Kier molecular flexibility index (Phi) is 6.95. The first-order valence-electron chi connectivity index (χ1n) is 11.9. The number of benzene rings is 4. The number of rotatable bonds is 2. The SMILES string of the molecule is Cc1cc2c3c(nccc3c1)-c1[c-]c3ccccc3cc1N2c1ccccc1.[2H]/C(C(C)=O)=C(\C)O.[Ir]. The number of allylic oxidation sites excluding steroid dienone is 2. The molecule has 0 atom stereocenters. The minimum atomic E-state index is -0.412. The Balaban J connectivity index is 0.000000313. The average molecular weight is 651 g/mol. The quantitative estimate of drug-likeness (QED) is 0.117. The van der Waals surface area contributed by atoms with Crippen molar-refractivity contribution < 1.29 is 31.4 Å². The third-order valence-electron chi connectivity index (χ3n) is 5.85. The van der Waals surface area contributed by atoms with Gasteiger partial charge in [0.2, 0.25) is 0 Å². The molecule has 1 aliphatic rings. The Labute approximate surface area is 225 Å². The number of aromatic nitrogens is 1. The number of aliphatic hydroxyl groups is 1. The van der Waals surface area contributed by atoms with Crippen molar-refractivity contribution in [3.05, 3.63) is 109 Å². The zero-order valence-corrected chi connectivity index (χ0v) is 22.6. The number of aryl methyl sites for hydroxylation is 1. The van der Waals surface area contributed by atoms with Crippen molar-refractivity contribution in [2.24, 2.45) is 0 Å². The largest absolute Gasteiger partial charge is 0.512 e. The summed E-state index contributed by atoms with van der Waals surface area (Å²) < 4.78 is 6.76. The molecule has 2 heterocycles. The maximum atomic E-state index is 10.2. The molecule has 0 amide bonds. The standard InChI is InChI=1S/C26H17N2.C5H8O2.Ir/c1-17-13-20-11-12-27-26-22-15-18-7-5-6-8-19(18)16-23(22)28(24(14-17)25(20)26)21-9-3-2-4-10-21;1-4(6)3-5(2)7;/h2-14,16H,1H3;3,6H,1-2H3;/q-1;;/b;4-3-;/i;3D;. The molecule has 1 aliphatic heterocycles. The first-order valence-corrected chi connectivity index (χ1v) is 11.4. The van der Waals surface area contributed by atoms with Gasteiger partial charge in [0, 0.05) is 49.4 Å². The molecule has 6 rings (SSSR count). The molecule has 0 saturated carbocycles. The van der Waals surface area contributed by atoms with E-state index in [0.29, 0.717) is 0 Å². The van der Waals surface area contributed by atoms with Gasteiger partial charge in [-0.2, -0.15) is 0 Å². The van der Waals surface area contributed by atoms with Crippen LogP contribution in [0.25, 0.3) is 32.8 Å². The van der Waals surface area contributed by atoms with Crippen LogP contribution in [-0.4, -0.2) is 15.9 Å². The second-order valence-electron chi connectivity index (χ2n) is 8.60. The number of ketones is 1. The van der Waals surface area contributed by atoms with Gasteiger partial charge >= 0.3 is 0 Å². The molecule has 0 aliphatic carbocycles. The van der Waals surface area contributed by atoms with Crippen molar-refractivity contribution in [1.82, 2.24) is 4.98 Å². The summed E-state index contributed by atoms with van der Waals surface area (Å²) in [5.74, 6) is -0.637. The Morgan fingerprint density at radius 1 is 0.972 bits per heavy atom. The normalized spacial score (nSPS) is 12.5. The van der Waals surface area contributed by atoms with E-state index in [1.54, 1.807) is 0 Å². The zero-order valence-electron chi connectivity index (χ0n) is 21.2. The van der Waals surface area contributed by atoms with E-state index >= 15 is 0 Å². The second kappa shape index (κ2) is 10.4. The number of carbonyl (C=O) groups is 1. The van der Waals surface area contributed by atoms with Crippen LogP contribution in [0.5, 0.6) is 0 Å². The van der Waals surface area contributed by atoms with Crippen LogP contribution in [0.3, 0.4) is 0 Å². The number of nitrogens with zero attached hydrogens (tertiary/aromatic N) is 2. The molecule has 0 spiro atoms. The predicted octanol–water partition coefficient (Wildman–Crippen LogP) is 7.98. The van der Waals surface area contributed by atoms with Gasteiger partial charge in [0.15, 0.2) is 5.78 Å². The van der Waals surface area contributed by atoms with Crippen molar-refractivity contribution in [3.63, 3.8) is 0 Å². The fourth-order valence-electron chi connectivity index (χ4n) is 4.56. The molecule has 5 aromatic rings. The van der Waals surface area contributed by atoms with Crippen LogP contribution >= 0.6 is 0 Å². The van der Waals surface area contributed by atoms with Gasteiger partial charge in [-0.15, -0.1) is 17.5 Å². The number of hydrogen-bond donors (Lipinski definition) is 1. The third-order valence-corrected chi connectivity index (χ3v) is 5.85. The van der Waals surface area contributed by atoms with Crippen molar-refractivity contribution >= 4 is 44.4 Å². The number of carbonyl (C=O) groups excluding carboxylic acids is 1. The van der Waals surface area contributed by atoms with Crippen LogP contribution in [0.2, 0.25) is 0 Å². The van der Waals surface area contributed by atoms with Crippen molar-refractivity contribution in [2.75, 3.05) is 4.90 Å².